The van der Waals surface area contributed by atoms with Crippen molar-refractivity contribution < 1.29 is 4.74 Å². The number of benzene rings is 1. The maximum absolute atomic E-state index is 5.48. The fraction of sp³-hybridized carbons (Fsp3) is 0.647. The molecule has 0 aliphatic carbocycles. The summed E-state index contributed by atoms with van der Waals surface area (Å²) < 4.78 is 5.48. The topological polar surface area (TPSA) is 21.3 Å². The number of hydrogen-bond donors (Lipinski definition) is 1. The Morgan fingerprint density at radius 1 is 1.11 bits per heavy atom. The molecule has 1 aromatic carbocycles. The van der Waals surface area contributed by atoms with Gasteiger partial charge in [0.15, 0.2) is 0 Å². The first-order valence-corrected chi connectivity index (χ1v) is 7.40. The van der Waals surface area contributed by atoms with Gasteiger partial charge < -0.3 is 10.1 Å². The molecule has 0 radical (unpaired) electrons. The molecule has 0 amide bonds. The van der Waals surface area contributed by atoms with Gasteiger partial charge in [0.1, 0.15) is 0 Å². The third-order valence-corrected chi connectivity index (χ3v) is 4.53. The van der Waals surface area contributed by atoms with Crippen molar-refractivity contribution in [3.63, 3.8) is 0 Å². The van der Waals surface area contributed by atoms with Crippen molar-refractivity contribution in [1.82, 2.24) is 5.32 Å². The summed E-state index contributed by atoms with van der Waals surface area (Å²) in [6.45, 7) is 13.0. The van der Waals surface area contributed by atoms with Crippen LogP contribution in [0.2, 0.25) is 0 Å². The van der Waals surface area contributed by atoms with Crippen LogP contribution in [0, 0.1) is 26.7 Å². The highest BCUT2D eigenvalue weighted by Crippen LogP contribution is 2.24. The predicted octanol–water partition coefficient (Wildman–Crippen LogP) is 3.69. The summed E-state index contributed by atoms with van der Waals surface area (Å²) >= 11 is 0. The largest absolute Gasteiger partial charge is 0.381 e. The second-order valence-corrected chi connectivity index (χ2v) is 6.09. The minimum absolute atomic E-state index is 0.398. The third-order valence-electron chi connectivity index (χ3n) is 4.53. The monoisotopic (exact) mass is 261 g/mol. The zero-order valence-corrected chi connectivity index (χ0v) is 12.9. The average Bonchev–Trinajstić information content (AvgIpc) is 2.87. The Morgan fingerprint density at radius 3 is 2.42 bits per heavy atom. The molecule has 3 unspecified atom stereocenters. The van der Waals surface area contributed by atoms with Gasteiger partial charge in [0.25, 0.3) is 0 Å². The van der Waals surface area contributed by atoms with Crippen LogP contribution in [-0.4, -0.2) is 19.3 Å². The highest BCUT2D eigenvalue weighted by molar-refractivity contribution is 5.38. The van der Waals surface area contributed by atoms with Crippen LogP contribution in [0.4, 0.5) is 0 Å². The Bertz CT molecular complexity index is 435. The van der Waals surface area contributed by atoms with Crippen LogP contribution in [0.1, 0.15) is 48.6 Å². The summed E-state index contributed by atoms with van der Waals surface area (Å²) in [5.41, 5.74) is 5.57. The molecule has 2 nitrogen and oxygen atoms in total. The molecule has 1 heterocycles. The lowest BCUT2D eigenvalue weighted by molar-refractivity contribution is 0.177. The molecular weight excluding hydrogens is 234 g/mol. The molecule has 19 heavy (non-hydrogen) atoms. The fourth-order valence-electron chi connectivity index (χ4n) is 3.02. The molecule has 1 aliphatic heterocycles. The first-order valence-electron chi connectivity index (χ1n) is 7.40. The molecular formula is C17H27NO. The lowest BCUT2D eigenvalue weighted by Crippen LogP contribution is -2.36. The van der Waals surface area contributed by atoms with Crippen LogP contribution >= 0.6 is 0 Å². The van der Waals surface area contributed by atoms with Gasteiger partial charge in [-0.15, -0.1) is 0 Å². The van der Waals surface area contributed by atoms with Crippen molar-refractivity contribution in [2.45, 2.75) is 53.1 Å². The standard InChI is InChI=1S/C17H27NO/c1-11-8-13(3)17(9-12(11)2)15(5)18-14(4)16-6-7-19-10-16/h8-9,14-16,18H,6-7,10H2,1-5H3. The molecule has 0 bridgehead atoms. The Labute approximate surface area is 117 Å². The van der Waals surface area contributed by atoms with Crippen molar-refractivity contribution in [1.29, 1.82) is 0 Å². The zero-order valence-electron chi connectivity index (χ0n) is 12.9. The van der Waals surface area contributed by atoms with E-state index in [1.165, 1.54) is 28.7 Å². The molecule has 1 aromatic rings. The maximum atomic E-state index is 5.48. The molecule has 1 saturated heterocycles. The van der Waals surface area contributed by atoms with E-state index in [2.05, 4.69) is 52.1 Å². The highest BCUT2D eigenvalue weighted by atomic mass is 16.5. The number of nitrogens with one attached hydrogen (secondary N) is 1. The molecule has 3 atom stereocenters. The van der Waals surface area contributed by atoms with Crippen LogP contribution < -0.4 is 5.32 Å². The summed E-state index contributed by atoms with van der Waals surface area (Å²) in [4.78, 5) is 0. The summed E-state index contributed by atoms with van der Waals surface area (Å²) in [5, 5.41) is 3.75. The molecule has 2 rings (SSSR count). The van der Waals surface area contributed by atoms with Gasteiger partial charge in [-0.25, -0.2) is 0 Å². The van der Waals surface area contributed by atoms with Crippen LogP contribution in [0.3, 0.4) is 0 Å². The Kier molecular flexibility index (Phi) is 4.64. The first kappa shape index (κ1) is 14.5. The van der Waals surface area contributed by atoms with E-state index in [-0.39, 0.29) is 0 Å². The molecule has 0 aromatic heterocycles. The van der Waals surface area contributed by atoms with E-state index in [1.54, 1.807) is 0 Å². The number of hydrogen-bond acceptors (Lipinski definition) is 2. The summed E-state index contributed by atoms with van der Waals surface area (Å²) in [5.74, 6) is 0.661. The van der Waals surface area contributed by atoms with E-state index >= 15 is 0 Å². The molecule has 0 saturated carbocycles. The minimum Gasteiger partial charge on any atom is -0.381 e. The second kappa shape index (κ2) is 6.06. The van der Waals surface area contributed by atoms with Crippen molar-refractivity contribution >= 4 is 0 Å². The summed E-state index contributed by atoms with van der Waals surface area (Å²) in [6.07, 6.45) is 1.19. The molecule has 1 N–H and O–H groups in total. The van der Waals surface area contributed by atoms with E-state index in [0.717, 1.165) is 13.2 Å². The lowest BCUT2D eigenvalue weighted by Gasteiger charge is -2.26. The van der Waals surface area contributed by atoms with Gasteiger partial charge in [0, 0.05) is 18.7 Å². The maximum Gasteiger partial charge on any atom is 0.0509 e. The van der Waals surface area contributed by atoms with Crippen LogP contribution in [0.25, 0.3) is 0 Å². The Morgan fingerprint density at radius 2 is 1.79 bits per heavy atom. The predicted molar refractivity (Wildman–Crippen MR) is 80.6 cm³/mol. The van der Waals surface area contributed by atoms with E-state index < -0.39 is 0 Å². The molecule has 0 spiro atoms. The highest BCUT2D eigenvalue weighted by Gasteiger charge is 2.23. The van der Waals surface area contributed by atoms with Crippen molar-refractivity contribution in [3.8, 4) is 0 Å². The molecule has 1 aliphatic rings. The first-order chi connectivity index (χ1) is 8.99. The molecule has 106 valence electrons. The van der Waals surface area contributed by atoms with E-state index in [0.29, 0.717) is 18.0 Å². The Balaban J connectivity index is 2.06. The lowest BCUT2D eigenvalue weighted by atomic mass is 9.94. The summed E-state index contributed by atoms with van der Waals surface area (Å²) in [6, 6.07) is 5.54. The van der Waals surface area contributed by atoms with Gasteiger partial charge in [-0.1, -0.05) is 12.1 Å². The fourth-order valence-corrected chi connectivity index (χ4v) is 3.02. The van der Waals surface area contributed by atoms with Crippen molar-refractivity contribution in [2.24, 2.45) is 5.92 Å². The molecule has 1 fully saturated rings. The van der Waals surface area contributed by atoms with E-state index in [4.69, 9.17) is 4.74 Å². The number of ether oxygens (including phenoxy) is 1. The van der Waals surface area contributed by atoms with Crippen LogP contribution in [0.15, 0.2) is 12.1 Å². The number of aryl methyl sites for hydroxylation is 3. The third kappa shape index (κ3) is 3.37. The van der Waals surface area contributed by atoms with Gasteiger partial charge in [-0.05, 0) is 69.2 Å². The second-order valence-electron chi connectivity index (χ2n) is 6.09. The quantitative estimate of drug-likeness (QED) is 0.892. The molecule has 2 heteroatoms. The van der Waals surface area contributed by atoms with Crippen LogP contribution in [-0.2, 0) is 4.74 Å². The smallest absolute Gasteiger partial charge is 0.0509 e. The van der Waals surface area contributed by atoms with Crippen molar-refractivity contribution in [3.05, 3.63) is 34.4 Å². The normalized spacial score (nSPS) is 22.5. The van der Waals surface area contributed by atoms with Crippen LogP contribution in [0.5, 0.6) is 0 Å². The Hall–Kier alpha value is -0.860. The van der Waals surface area contributed by atoms with Gasteiger partial charge in [0.05, 0.1) is 6.61 Å². The van der Waals surface area contributed by atoms with E-state index in [1.807, 2.05) is 0 Å². The zero-order chi connectivity index (χ0) is 14.0. The van der Waals surface area contributed by atoms with E-state index in [9.17, 15) is 0 Å². The SMILES string of the molecule is Cc1cc(C)c(C(C)NC(C)C2CCOC2)cc1C. The van der Waals surface area contributed by atoms with Gasteiger partial charge in [-0.3, -0.25) is 0 Å². The van der Waals surface area contributed by atoms with Gasteiger partial charge >= 0.3 is 0 Å². The van der Waals surface area contributed by atoms with Gasteiger partial charge in [0.2, 0.25) is 0 Å². The summed E-state index contributed by atoms with van der Waals surface area (Å²) in [7, 11) is 0. The number of rotatable bonds is 4. The minimum atomic E-state index is 0.398. The van der Waals surface area contributed by atoms with Crippen molar-refractivity contribution in [2.75, 3.05) is 13.2 Å². The average molecular weight is 261 g/mol. The van der Waals surface area contributed by atoms with Gasteiger partial charge in [-0.2, -0.15) is 0 Å².